The maximum atomic E-state index is 2.52. The molecule has 0 bridgehead atoms. The molecule has 0 aliphatic rings. The molecule has 0 fully saturated rings. The van der Waals surface area contributed by atoms with Crippen LogP contribution < -0.4 is 0 Å². The van der Waals surface area contributed by atoms with E-state index < -0.39 is 0 Å². The molecule has 0 heteroatoms. The van der Waals surface area contributed by atoms with Crippen LogP contribution in [0.1, 0.15) is 207 Å². The largest absolute Gasteiger partial charge is 0.0654 e. The highest BCUT2D eigenvalue weighted by Gasteiger charge is 2.11. The zero-order chi connectivity index (χ0) is 25.0. The molecule has 0 amide bonds. The van der Waals surface area contributed by atoms with Crippen molar-refractivity contribution in [3.05, 3.63) is 0 Å². The molecule has 0 radical (unpaired) electrons. The normalized spacial score (nSPS) is 13.4. The Morgan fingerprint density at radius 1 is 0.265 bits per heavy atom. The fourth-order valence-electron chi connectivity index (χ4n) is 5.54. The summed E-state index contributed by atoms with van der Waals surface area (Å²) in [7, 11) is 0. The highest BCUT2D eigenvalue weighted by atomic mass is 14.2. The van der Waals surface area contributed by atoms with Gasteiger partial charge in [-0.15, -0.1) is 0 Å². The van der Waals surface area contributed by atoms with Crippen LogP contribution in [0.4, 0.5) is 0 Å². The van der Waals surface area contributed by atoms with Gasteiger partial charge in [0.15, 0.2) is 0 Å². The van der Waals surface area contributed by atoms with Crippen LogP contribution in [0.3, 0.4) is 0 Å². The second-order valence-corrected chi connectivity index (χ2v) is 12.0. The van der Waals surface area contributed by atoms with Crippen molar-refractivity contribution in [2.45, 2.75) is 207 Å². The Morgan fingerprint density at radius 3 is 0.647 bits per heavy atom. The summed E-state index contributed by atoms with van der Waals surface area (Å²) < 4.78 is 0. The van der Waals surface area contributed by atoms with Crippen molar-refractivity contribution < 1.29 is 0 Å². The number of unbranched alkanes of at least 4 members (excludes halogenated alkanes) is 24. The second-order valence-electron chi connectivity index (χ2n) is 12.0. The van der Waals surface area contributed by atoms with Gasteiger partial charge in [-0.05, 0) is 11.8 Å². The van der Waals surface area contributed by atoms with Crippen molar-refractivity contribution in [2.75, 3.05) is 0 Å². The molecule has 34 heavy (non-hydrogen) atoms. The molecule has 0 saturated heterocycles. The van der Waals surface area contributed by atoms with Crippen LogP contribution in [-0.2, 0) is 0 Å². The zero-order valence-corrected chi connectivity index (χ0v) is 25.0. The Labute approximate surface area is 219 Å². The quantitative estimate of drug-likeness (QED) is 0.0937. The molecule has 2 atom stereocenters. The minimum Gasteiger partial charge on any atom is -0.0654 e. The van der Waals surface area contributed by atoms with Crippen molar-refractivity contribution in [2.24, 2.45) is 11.8 Å². The molecule has 206 valence electrons. The van der Waals surface area contributed by atoms with E-state index in [0.29, 0.717) is 0 Å². The first-order valence-corrected chi connectivity index (χ1v) is 16.7. The first-order valence-electron chi connectivity index (χ1n) is 16.7. The molecular weight excluding hydrogens is 408 g/mol. The molecule has 0 saturated carbocycles. The van der Waals surface area contributed by atoms with Crippen LogP contribution in [-0.4, -0.2) is 0 Å². The lowest BCUT2D eigenvalue weighted by atomic mass is 9.86. The predicted octanol–water partition coefficient (Wildman–Crippen LogP) is 13.2. The summed E-state index contributed by atoms with van der Waals surface area (Å²) in [6, 6.07) is 0. The molecule has 0 aromatic carbocycles. The molecule has 0 aromatic heterocycles. The molecule has 0 N–H and O–H groups in total. The van der Waals surface area contributed by atoms with E-state index in [4.69, 9.17) is 0 Å². The Kier molecular flexibility index (Phi) is 29.2. The van der Waals surface area contributed by atoms with E-state index in [1.54, 1.807) is 0 Å². The molecule has 0 aliphatic heterocycles. The van der Waals surface area contributed by atoms with Gasteiger partial charge < -0.3 is 0 Å². The summed E-state index contributed by atoms with van der Waals surface area (Å²) >= 11 is 0. The van der Waals surface area contributed by atoms with Gasteiger partial charge in [-0.1, -0.05) is 207 Å². The molecule has 0 heterocycles. The van der Waals surface area contributed by atoms with E-state index in [1.165, 1.54) is 180 Å². The van der Waals surface area contributed by atoms with Crippen LogP contribution in [0.2, 0.25) is 0 Å². The Bertz CT molecular complexity index is 346. The number of hydrogen-bond donors (Lipinski definition) is 0. The lowest BCUT2D eigenvalue weighted by molar-refractivity contribution is 0.322. The van der Waals surface area contributed by atoms with Gasteiger partial charge in [0.05, 0.1) is 0 Å². The van der Waals surface area contributed by atoms with Gasteiger partial charge in [0.1, 0.15) is 0 Å². The average molecular weight is 479 g/mol. The van der Waals surface area contributed by atoms with E-state index in [-0.39, 0.29) is 0 Å². The fraction of sp³-hybridized carbons (Fsp3) is 1.00. The molecule has 0 nitrogen and oxygen atoms in total. The lowest BCUT2D eigenvalue weighted by Crippen LogP contribution is -2.08. The van der Waals surface area contributed by atoms with Crippen LogP contribution >= 0.6 is 0 Å². The van der Waals surface area contributed by atoms with E-state index in [9.17, 15) is 0 Å². The zero-order valence-electron chi connectivity index (χ0n) is 25.0. The lowest BCUT2D eigenvalue weighted by Gasteiger charge is -2.19. The van der Waals surface area contributed by atoms with Crippen LogP contribution in [0.25, 0.3) is 0 Å². The first kappa shape index (κ1) is 34.0. The Balaban J connectivity index is 3.28. The summed E-state index contributed by atoms with van der Waals surface area (Å²) in [5.74, 6) is 1.87. The molecule has 2 unspecified atom stereocenters. The summed E-state index contributed by atoms with van der Waals surface area (Å²) in [6.45, 7) is 9.66. The SMILES string of the molecule is CCCCCCCCCCCCCCCCC(C)C(C)CCCCCCCCCCCCCC. The highest BCUT2D eigenvalue weighted by Crippen LogP contribution is 2.24. The van der Waals surface area contributed by atoms with Gasteiger partial charge in [-0.2, -0.15) is 0 Å². The average Bonchev–Trinajstić information content (AvgIpc) is 2.84. The Hall–Kier alpha value is 0. The summed E-state index contributed by atoms with van der Waals surface area (Å²) in [4.78, 5) is 0. The molecule has 0 rings (SSSR count). The molecule has 0 aliphatic carbocycles. The molecular formula is C34H70. The summed E-state index contributed by atoms with van der Waals surface area (Å²) in [6.07, 6.45) is 41.1. The van der Waals surface area contributed by atoms with E-state index in [2.05, 4.69) is 27.7 Å². The monoisotopic (exact) mass is 479 g/mol. The van der Waals surface area contributed by atoms with E-state index >= 15 is 0 Å². The molecule has 0 aromatic rings. The topological polar surface area (TPSA) is 0 Å². The van der Waals surface area contributed by atoms with Crippen LogP contribution in [0, 0.1) is 11.8 Å². The van der Waals surface area contributed by atoms with Crippen molar-refractivity contribution >= 4 is 0 Å². The van der Waals surface area contributed by atoms with Gasteiger partial charge in [0, 0.05) is 0 Å². The molecule has 0 spiro atoms. The maximum Gasteiger partial charge on any atom is -0.0417 e. The van der Waals surface area contributed by atoms with Crippen molar-refractivity contribution in [3.8, 4) is 0 Å². The predicted molar refractivity (Wildman–Crippen MR) is 159 cm³/mol. The van der Waals surface area contributed by atoms with Crippen LogP contribution in [0.15, 0.2) is 0 Å². The van der Waals surface area contributed by atoms with Gasteiger partial charge in [0.2, 0.25) is 0 Å². The summed E-state index contributed by atoms with van der Waals surface area (Å²) in [5.41, 5.74) is 0. The van der Waals surface area contributed by atoms with Gasteiger partial charge in [-0.25, -0.2) is 0 Å². The standard InChI is InChI=1S/C34H70/c1-5-7-9-11-13-15-17-19-20-22-24-26-28-30-32-34(4)33(3)31-29-27-25-23-21-18-16-14-12-10-8-6-2/h33-34H,5-32H2,1-4H3. The smallest absolute Gasteiger partial charge is 0.0417 e. The van der Waals surface area contributed by atoms with Crippen molar-refractivity contribution in [1.82, 2.24) is 0 Å². The number of hydrogen-bond acceptors (Lipinski definition) is 0. The van der Waals surface area contributed by atoms with Crippen molar-refractivity contribution in [3.63, 3.8) is 0 Å². The minimum absolute atomic E-state index is 0.935. The van der Waals surface area contributed by atoms with Gasteiger partial charge in [-0.3, -0.25) is 0 Å². The van der Waals surface area contributed by atoms with E-state index in [0.717, 1.165) is 11.8 Å². The maximum absolute atomic E-state index is 2.52. The minimum atomic E-state index is 0.935. The van der Waals surface area contributed by atoms with E-state index in [1.807, 2.05) is 0 Å². The Morgan fingerprint density at radius 2 is 0.441 bits per heavy atom. The third-order valence-electron chi connectivity index (χ3n) is 8.50. The third kappa shape index (κ3) is 26.6. The fourth-order valence-corrected chi connectivity index (χ4v) is 5.54. The number of rotatable bonds is 29. The van der Waals surface area contributed by atoms with Crippen LogP contribution in [0.5, 0.6) is 0 Å². The van der Waals surface area contributed by atoms with Crippen molar-refractivity contribution in [1.29, 1.82) is 0 Å². The first-order chi connectivity index (χ1) is 16.7. The van der Waals surface area contributed by atoms with Gasteiger partial charge >= 0.3 is 0 Å². The second kappa shape index (κ2) is 29.2. The van der Waals surface area contributed by atoms with Gasteiger partial charge in [0.25, 0.3) is 0 Å². The summed E-state index contributed by atoms with van der Waals surface area (Å²) in [5, 5.41) is 0. The highest BCUT2D eigenvalue weighted by molar-refractivity contribution is 4.63. The third-order valence-corrected chi connectivity index (χ3v) is 8.50.